The summed E-state index contributed by atoms with van der Waals surface area (Å²) in [7, 11) is -3.71. The molecular formula is C18H19F2N3O5S. The van der Waals surface area contributed by atoms with Gasteiger partial charge in [-0.2, -0.15) is 4.31 Å². The highest BCUT2D eigenvalue weighted by Crippen LogP contribution is 2.13. The third-order valence-electron chi connectivity index (χ3n) is 4.49. The molecule has 2 heterocycles. The van der Waals surface area contributed by atoms with Crippen LogP contribution in [0.3, 0.4) is 0 Å². The molecule has 8 nitrogen and oxygen atoms in total. The maximum absolute atomic E-state index is 13.6. The van der Waals surface area contributed by atoms with E-state index in [9.17, 15) is 26.8 Å². The highest BCUT2D eigenvalue weighted by atomic mass is 32.2. The summed E-state index contributed by atoms with van der Waals surface area (Å²) in [5.41, 5.74) is -0.755. The quantitative estimate of drug-likeness (QED) is 0.744. The number of carbonyl (C=O) groups excluding carboxylic acids is 2. The minimum Gasteiger partial charge on any atom is -0.459 e. The number of amides is 2. The molecule has 1 aromatic carbocycles. The zero-order valence-corrected chi connectivity index (χ0v) is 16.1. The second-order valence-electron chi connectivity index (χ2n) is 6.34. The van der Waals surface area contributed by atoms with Gasteiger partial charge in [0.1, 0.15) is 17.2 Å². The Morgan fingerprint density at radius 1 is 1.03 bits per heavy atom. The molecule has 2 aromatic rings. The number of sulfonamides is 1. The number of furan rings is 1. The van der Waals surface area contributed by atoms with E-state index in [2.05, 4.69) is 5.32 Å². The molecule has 0 atom stereocenters. The number of hydrogen-bond acceptors (Lipinski definition) is 5. The Kier molecular flexibility index (Phi) is 6.28. The predicted molar refractivity (Wildman–Crippen MR) is 98.7 cm³/mol. The molecule has 0 aliphatic carbocycles. The van der Waals surface area contributed by atoms with Gasteiger partial charge in [0.05, 0.1) is 12.0 Å². The Morgan fingerprint density at radius 2 is 1.69 bits per heavy atom. The number of nitrogens with one attached hydrogen (secondary N) is 1. The maximum Gasteiger partial charge on any atom is 0.289 e. The zero-order chi connectivity index (χ0) is 21.0. The molecule has 2 amide bonds. The van der Waals surface area contributed by atoms with Crippen LogP contribution in [0.1, 0.15) is 20.9 Å². The van der Waals surface area contributed by atoms with Crippen LogP contribution in [0.25, 0.3) is 0 Å². The summed E-state index contributed by atoms with van der Waals surface area (Å²) in [6, 6.07) is 6.14. The summed E-state index contributed by atoms with van der Waals surface area (Å²) in [6.45, 7) is 0.299. The Hall–Kier alpha value is -2.79. The zero-order valence-electron chi connectivity index (χ0n) is 15.3. The van der Waals surface area contributed by atoms with Gasteiger partial charge in [-0.15, -0.1) is 0 Å². The molecule has 1 aliphatic heterocycles. The first kappa shape index (κ1) is 20.9. The first-order valence-electron chi connectivity index (χ1n) is 8.82. The van der Waals surface area contributed by atoms with Gasteiger partial charge >= 0.3 is 0 Å². The van der Waals surface area contributed by atoms with E-state index in [1.165, 1.54) is 21.5 Å². The third-order valence-corrected chi connectivity index (χ3v) is 6.36. The van der Waals surface area contributed by atoms with Crippen molar-refractivity contribution in [2.45, 2.75) is 0 Å². The molecule has 11 heteroatoms. The summed E-state index contributed by atoms with van der Waals surface area (Å²) < 4.78 is 58.3. The monoisotopic (exact) mass is 427 g/mol. The maximum atomic E-state index is 13.6. The second-order valence-corrected chi connectivity index (χ2v) is 8.43. The van der Waals surface area contributed by atoms with Gasteiger partial charge in [-0.3, -0.25) is 9.59 Å². The van der Waals surface area contributed by atoms with Crippen molar-refractivity contribution in [1.82, 2.24) is 14.5 Å². The van der Waals surface area contributed by atoms with Crippen LogP contribution < -0.4 is 5.32 Å². The fourth-order valence-corrected chi connectivity index (χ4v) is 4.29. The molecular weight excluding hydrogens is 408 g/mol. The largest absolute Gasteiger partial charge is 0.459 e. The van der Waals surface area contributed by atoms with E-state index < -0.39 is 38.9 Å². The lowest BCUT2D eigenvalue weighted by molar-refractivity contribution is 0.0665. The second kappa shape index (κ2) is 8.70. The molecule has 0 unspecified atom stereocenters. The molecule has 3 rings (SSSR count). The van der Waals surface area contributed by atoms with Crippen molar-refractivity contribution in [3.8, 4) is 0 Å². The molecule has 0 bridgehead atoms. The normalized spacial score (nSPS) is 15.3. The molecule has 1 aromatic heterocycles. The molecule has 156 valence electrons. The SMILES string of the molecule is O=C(NCCS(=O)(=O)N1CCN(C(=O)c2ccco2)CC1)c1c(F)cccc1F. The summed E-state index contributed by atoms with van der Waals surface area (Å²) >= 11 is 0. The van der Waals surface area contributed by atoms with Crippen molar-refractivity contribution >= 4 is 21.8 Å². The van der Waals surface area contributed by atoms with Crippen LogP contribution in [0.15, 0.2) is 41.0 Å². The van der Waals surface area contributed by atoms with Gasteiger partial charge in [0.25, 0.3) is 11.8 Å². The minimum atomic E-state index is -3.71. The molecule has 0 radical (unpaired) electrons. The molecule has 1 fully saturated rings. The van der Waals surface area contributed by atoms with Crippen molar-refractivity contribution in [2.24, 2.45) is 0 Å². The average molecular weight is 427 g/mol. The smallest absolute Gasteiger partial charge is 0.289 e. The Labute approximate surface area is 166 Å². The lowest BCUT2D eigenvalue weighted by atomic mass is 10.2. The number of benzene rings is 1. The van der Waals surface area contributed by atoms with Crippen molar-refractivity contribution in [3.05, 3.63) is 59.6 Å². The highest BCUT2D eigenvalue weighted by molar-refractivity contribution is 7.89. The average Bonchev–Trinajstić information content (AvgIpc) is 3.22. The Morgan fingerprint density at radius 3 is 2.28 bits per heavy atom. The summed E-state index contributed by atoms with van der Waals surface area (Å²) in [4.78, 5) is 25.6. The van der Waals surface area contributed by atoms with Crippen molar-refractivity contribution in [2.75, 3.05) is 38.5 Å². The van der Waals surface area contributed by atoms with E-state index in [4.69, 9.17) is 4.42 Å². The van der Waals surface area contributed by atoms with E-state index in [0.717, 1.165) is 18.2 Å². The van der Waals surface area contributed by atoms with E-state index in [1.807, 2.05) is 0 Å². The van der Waals surface area contributed by atoms with Crippen LogP contribution in [-0.2, 0) is 10.0 Å². The summed E-state index contributed by atoms with van der Waals surface area (Å²) in [5.74, 6) is -3.63. The van der Waals surface area contributed by atoms with Crippen LogP contribution in [0.2, 0.25) is 0 Å². The lowest BCUT2D eigenvalue weighted by Crippen LogP contribution is -2.51. The number of halogens is 2. The third kappa shape index (κ3) is 4.80. The predicted octanol–water partition coefficient (Wildman–Crippen LogP) is 1.08. The van der Waals surface area contributed by atoms with Gasteiger partial charge in [-0.25, -0.2) is 17.2 Å². The van der Waals surface area contributed by atoms with Crippen molar-refractivity contribution in [3.63, 3.8) is 0 Å². The first-order chi connectivity index (χ1) is 13.8. The van der Waals surface area contributed by atoms with Crippen LogP contribution in [0, 0.1) is 11.6 Å². The van der Waals surface area contributed by atoms with E-state index in [-0.39, 0.29) is 44.4 Å². The summed E-state index contributed by atoms with van der Waals surface area (Å²) in [5, 5.41) is 2.22. The first-order valence-corrected chi connectivity index (χ1v) is 10.4. The number of nitrogens with zero attached hydrogens (tertiary/aromatic N) is 2. The lowest BCUT2D eigenvalue weighted by Gasteiger charge is -2.33. The fourth-order valence-electron chi connectivity index (χ4n) is 2.95. The molecule has 1 saturated heterocycles. The summed E-state index contributed by atoms with van der Waals surface area (Å²) in [6.07, 6.45) is 1.38. The molecule has 29 heavy (non-hydrogen) atoms. The Balaban J connectivity index is 1.50. The van der Waals surface area contributed by atoms with Gasteiger partial charge in [0.15, 0.2) is 5.76 Å². The van der Waals surface area contributed by atoms with Crippen molar-refractivity contribution < 1.29 is 31.2 Å². The van der Waals surface area contributed by atoms with E-state index >= 15 is 0 Å². The Bertz CT molecular complexity index is 967. The van der Waals surface area contributed by atoms with Crippen molar-refractivity contribution in [1.29, 1.82) is 0 Å². The van der Waals surface area contributed by atoms with Gasteiger partial charge in [-0.05, 0) is 24.3 Å². The number of piperazine rings is 1. The molecule has 0 saturated carbocycles. The van der Waals surface area contributed by atoms with E-state index in [1.54, 1.807) is 6.07 Å². The van der Waals surface area contributed by atoms with Crippen LogP contribution >= 0.6 is 0 Å². The molecule has 1 aliphatic rings. The van der Waals surface area contributed by atoms with Crippen LogP contribution in [-0.4, -0.2) is 67.9 Å². The van der Waals surface area contributed by atoms with Gasteiger partial charge in [-0.1, -0.05) is 6.07 Å². The van der Waals surface area contributed by atoms with Gasteiger partial charge in [0, 0.05) is 32.7 Å². The number of carbonyl (C=O) groups is 2. The van der Waals surface area contributed by atoms with Gasteiger partial charge in [0.2, 0.25) is 10.0 Å². The molecule has 1 N–H and O–H groups in total. The minimum absolute atomic E-state index is 0.102. The van der Waals surface area contributed by atoms with E-state index in [0.29, 0.717) is 0 Å². The standard InChI is InChI=1S/C18H19F2N3O5S/c19-13-3-1-4-14(20)16(13)17(24)21-6-12-29(26,27)23-9-7-22(8-10-23)18(25)15-5-2-11-28-15/h1-5,11H,6-10,12H2,(H,21,24). The van der Waals surface area contributed by atoms with Gasteiger partial charge < -0.3 is 14.6 Å². The number of rotatable bonds is 6. The highest BCUT2D eigenvalue weighted by Gasteiger charge is 2.30. The topological polar surface area (TPSA) is 99.9 Å². The molecule has 0 spiro atoms. The number of hydrogen-bond donors (Lipinski definition) is 1. The van der Waals surface area contributed by atoms with Crippen LogP contribution in [0.5, 0.6) is 0 Å². The fraction of sp³-hybridized carbons (Fsp3) is 0.333. The van der Waals surface area contributed by atoms with Crippen LogP contribution in [0.4, 0.5) is 8.78 Å².